The van der Waals surface area contributed by atoms with E-state index in [0.717, 1.165) is 0 Å². The van der Waals surface area contributed by atoms with Crippen molar-refractivity contribution in [1.29, 1.82) is 0 Å². The topological polar surface area (TPSA) is 206 Å². The number of nitrogens with one attached hydrogen (secondary N) is 4. The second-order valence-corrected chi connectivity index (χ2v) is 12.9. The standard InChI is InChI=1S/C33H42FN7O7/c1-8-35-26-20(28(43)36-13-14-42)10-12-22(39-26)18-9-11-23(21(34)15-18)40-29(44)38-17-19-16-37-27(41(30(45)46)31(47)48)25(33(5,6)7)24(19)32(2,3)4/h9-12,15-16,42H,8,13-14,17H2,1-7H3,(H,35,39)(H,36,43)(H,45,46)(H,47,48)(H2,38,40,44). The van der Waals surface area contributed by atoms with Gasteiger partial charge in [0.1, 0.15) is 11.6 Å². The number of carbonyl (C=O) groups is 4. The van der Waals surface area contributed by atoms with E-state index in [1.54, 1.807) is 18.2 Å². The Morgan fingerprint density at radius 1 is 0.917 bits per heavy atom. The molecule has 2 aromatic heterocycles. The van der Waals surface area contributed by atoms with Crippen LogP contribution in [0.1, 0.15) is 75.5 Å². The number of benzene rings is 1. The molecule has 0 aliphatic rings. The van der Waals surface area contributed by atoms with E-state index in [1.807, 2.05) is 48.5 Å². The average Bonchev–Trinajstić information content (AvgIpc) is 2.98. The number of imide groups is 1. The molecule has 1 aromatic carbocycles. The molecule has 3 rings (SSSR count). The fraction of sp³-hybridized carbons (Fsp3) is 0.394. The summed E-state index contributed by atoms with van der Waals surface area (Å²) in [6.07, 6.45) is -2.08. The van der Waals surface area contributed by atoms with Gasteiger partial charge >= 0.3 is 18.2 Å². The summed E-state index contributed by atoms with van der Waals surface area (Å²) in [5.74, 6) is -1.11. The molecule has 0 saturated carbocycles. The quantitative estimate of drug-likeness (QED) is 0.144. The van der Waals surface area contributed by atoms with Gasteiger partial charge in [0.2, 0.25) is 0 Å². The van der Waals surface area contributed by atoms with Crippen molar-refractivity contribution in [2.75, 3.05) is 35.2 Å². The zero-order valence-electron chi connectivity index (χ0n) is 28.0. The highest BCUT2D eigenvalue weighted by atomic mass is 19.1. The Hall–Kier alpha value is -5.31. The van der Waals surface area contributed by atoms with Crippen molar-refractivity contribution in [3.05, 3.63) is 64.6 Å². The van der Waals surface area contributed by atoms with E-state index in [2.05, 4.69) is 31.2 Å². The van der Waals surface area contributed by atoms with Crippen LogP contribution in [-0.2, 0) is 17.4 Å². The van der Waals surface area contributed by atoms with Crippen molar-refractivity contribution in [2.24, 2.45) is 0 Å². The second-order valence-electron chi connectivity index (χ2n) is 12.9. The first-order valence-corrected chi connectivity index (χ1v) is 15.2. The Morgan fingerprint density at radius 3 is 2.10 bits per heavy atom. The van der Waals surface area contributed by atoms with Crippen LogP contribution in [-0.4, -0.2) is 69.1 Å². The van der Waals surface area contributed by atoms with Gasteiger partial charge in [0, 0.05) is 37.0 Å². The van der Waals surface area contributed by atoms with Gasteiger partial charge in [0.15, 0.2) is 5.82 Å². The number of rotatable bonds is 10. The van der Waals surface area contributed by atoms with Crippen LogP contribution in [0.3, 0.4) is 0 Å². The van der Waals surface area contributed by atoms with Gasteiger partial charge in [-0.2, -0.15) is 4.90 Å². The monoisotopic (exact) mass is 667 g/mol. The van der Waals surface area contributed by atoms with Gasteiger partial charge < -0.3 is 36.6 Å². The number of hydrogen-bond donors (Lipinski definition) is 7. The zero-order chi connectivity index (χ0) is 36.0. The van der Waals surface area contributed by atoms with Gasteiger partial charge in [0.25, 0.3) is 5.91 Å². The highest BCUT2D eigenvalue weighted by Crippen LogP contribution is 2.41. The molecule has 5 amide bonds. The van der Waals surface area contributed by atoms with Crippen LogP contribution in [0.2, 0.25) is 0 Å². The molecule has 0 aliphatic heterocycles. The molecule has 0 saturated heterocycles. The summed E-state index contributed by atoms with van der Waals surface area (Å²) in [5, 5.41) is 39.0. The lowest BCUT2D eigenvalue weighted by atomic mass is 9.73. The SMILES string of the molecule is CCNc1nc(-c2ccc(NC(=O)NCc3cnc(N(C(=O)O)C(=O)O)c(C(C)(C)C)c3C(C)(C)C)c(F)c2)ccc1C(=O)NCCO. The van der Waals surface area contributed by atoms with E-state index >= 15 is 4.39 Å². The molecule has 0 atom stereocenters. The minimum atomic E-state index is -1.70. The molecule has 7 N–H and O–H groups in total. The molecule has 3 aromatic rings. The highest BCUT2D eigenvalue weighted by molar-refractivity contribution is 6.07. The van der Waals surface area contributed by atoms with Gasteiger partial charge in [-0.1, -0.05) is 47.6 Å². The third-order valence-electron chi connectivity index (χ3n) is 7.07. The smallest absolute Gasteiger partial charge is 0.422 e. The fourth-order valence-electron chi connectivity index (χ4n) is 5.16. The van der Waals surface area contributed by atoms with Gasteiger partial charge in [-0.15, -0.1) is 0 Å². The van der Waals surface area contributed by atoms with Crippen molar-refractivity contribution in [3.8, 4) is 11.3 Å². The molecular weight excluding hydrogens is 625 g/mol. The number of amides is 5. The first-order valence-electron chi connectivity index (χ1n) is 15.2. The maximum atomic E-state index is 15.2. The van der Waals surface area contributed by atoms with Crippen LogP contribution in [0.5, 0.6) is 0 Å². The van der Waals surface area contributed by atoms with Crippen molar-refractivity contribution < 1.29 is 38.9 Å². The summed E-state index contributed by atoms with van der Waals surface area (Å²) in [6, 6.07) is 6.52. The highest BCUT2D eigenvalue weighted by Gasteiger charge is 2.36. The molecule has 0 fully saturated rings. The predicted octanol–water partition coefficient (Wildman–Crippen LogP) is 5.52. The van der Waals surface area contributed by atoms with E-state index in [4.69, 9.17) is 5.11 Å². The number of carbonyl (C=O) groups excluding carboxylic acids is 2. The fourth-order valence-corrected chi connectivity index (χ4v) is 5.16. The lowest BCUT2D eigenvalue weighted by molar-refractivity contribution is 0.0945. The summed E-state index contributed by atoms with van der Waals surface area (Å²) in [4.78, 5) is 58.0. The second kappa shape index (κ2) is 15.1. The van der Waals surface area contributed by atoms with Crippen molar-refractivity contribution in [2.45, 2.75) is 65.8 Å². The van der Waals surface area contributed by atoms with Gasteiger partial charge in [-0.25, -0.2) is 28.7 Å². The van der Waals surface area contributed by atoms with E-state index in [9.17, 15) is 29.4 Å². The number of aliphatic hydroxyl groups excluding tert-OH is 1. The lowest BCUT2D eigenvalue weighted by Gasteiger charge is -2.34. The molecule has 48 heavy (non-hydrogen) atoms. The third-order valence-corrected chi connectivity index (χ3v) is 7.07. The number of hydrogen-bond acceptors (Lipinski definition) is 8. The first-order chi connectivity index (χ1) is 22.4. The number of aliphatic hydroxyl groups is 1. The molecule has 0 aliphatic carbocycles. The molecule has 15 heteroatoms. The number of urea groups is 1. The van der Waals surface area contributed by atoms with Crippen LogP contribution in [0.15, 0.2) is 36.5 Å². The van der Waals surface area contributed by atoms with Gasteiger partial charge in [0.05, 0.1) is 23.6 Å². The minimum Gasteiger partial charge on any atom is -0.464 e. The molecule has 14 nitrogen and oxygen atoms in total. The Kier molecular flexibility index (Phi) is 11.7. The van der Waals surface area contributed by atoms with Crippen molar-refractivity contribution in [1.82, 2.24) is 20.6 Å². The van der Waals surface area contributed by atoms with Crippen molar-refractivity contribution in [3.63, 3.8) is 0 Å². The minimum absolute atomic E-state index is 0.0794. The molecule has 2 heterocycles. The zero-order valence-corrected chi connectivity index (χ0v) is 28.0. The number of nitrogens with zero attached hydrogens (tertiary/aromatic N) is 3. The maximum absolute atomic E-state index is 15.2. The Bertz CT molecular complexity index is 1690. The van der Waals surface area contributed by atoms with Crippen LogP contribution >= 0.6 is 0 Å². The van der Waals surface area contributed by atoms with E-state index < -0.39 is 40.8 Å². The summed E-state index contributed by atoms with van der Waals surface area (Å²) in [6.45, 7) is 13.2. The number of anilines is 3. The van der Waals surface area contributed by atoms with Gasteiger partial charge in [-0.05, 0) is 53.1 Å². The van der Waals surface area contributed by atoms with Crippen LogP contribution in [0.4, 0.5) is 36.1 Å². The Balaban J connectivity index is 1.87. The first kappa shape index (κ1) is 37.2. The van der Waals surface area contributed by atoms with E-state index in [-0.39, 0.29) is 47.5 Å². The van der Waals surface area contributed by atoms with Crippen LogP contribution in [0, 0.1) is 5.82 Å². The summed E-state index contributed by atoms with van der Waals surface area (Å²) >= 11 is 0. The number of carboxylic acid groups (broad SMARTS) is 2. The number of halogens is 1. The molecule has 0 unspecified atom stereocenters. The third kappa shape index (κ3) is 8.73. The largest absolute Gasteiger partial charge is 0.464 e. The molecular formula is C33H42FN7O7. The summed E-state index contributed by atoms with van der Waals surface area (Å²) < 4.78 is 15.2. The molecule has 0 radical (unpaired) electrons. The predicted molar refractivity (Wildman–Crippen MR) is 179 cm³/mol. The van der Waals surface area contributed by atoms with E-state index in [1.165, 1.54) is 18.3 Å². The summed E-state index contributed by atoms with van der Waals surface area (Å²) in [5.41, 5.74) is 1.09. The number of aromatic nitrogens is 2. The Morgan fingerprint density at radius 2 is 1.56 bits per heavy atom. The Labute approximate surface area is 277 Å². The van der Waals surface area contributed by atoms with Crippen molar-refractivity contribution >= 4 is 41.4 Å². The summed E-state index contributed by atoms with van der Waals surface area (Å²) in [7, 11) is 0. The molecule has 0 spiro atoms. The van der Waals surface area contributed by atoms with Crippen LogP contribution in [0.25, 0.3) is 11.3 Å². The average molecular weight is 668 g/mol. The normalized spacial score (nSPS) is 11.4. The molecule has 258 valence electrons. The van der Waals surface area contributed by atoms with E-state index in [0.29, 0.717) is 34.5 Å². The number of pyridine rings is 2. The maximum Gasteiger partial charge on any atom is 0.422 e. The van der Waals surface area contributed by atoms with Gasteiger partial charge in [-0.3, -0.25) is 4.79 Å². The molecule has 0 bridgehead atoms. The lowest BCUT2D eigenvalue weighted by Crippen LogP contribution is -2.39. The van der Waals surface area contributed by atoms with Crippen LogP contribution < -0.4 is 26.2 Å².